The number of hydrogen-bond donors (Lipinski definition) is 2. The van der Waals surface area contributed by atoms with Gasteiger partial charge in [-0.25, -0.2) is 19.5 Å². The summed E-state index contributed by atoms with van der Waals surface area (Å²) in [6.07, 6.45) is 2.55. The molecule has 12 nitrogen and oxygen atoms in total. The van der Waals surface area contributed by atoms with E-state index in [-0.39, 0.29) is 19.1 Å². The Bertz CT molecular complexity index is 2040. The van der Waals surface area contributed by atoms with E-state index in [1.54, 1.807) is 13.3 Å². The van der Waals surface area contributed by atoms with Gasteiger partial charge in [0.1, 0.15) is 18.7 Å². The number of hydrogen-bond acceptors (Lipinski definition) is 9. The summed E-state index contributed by atoms with van der Waals surface area (Å²) in [6.45, 7) is 8.17. The number of cyclic esters (lactones) is 1. The number of carbonyl (C=O) groups excluding carboxylic acids is 3. The molecular weight excluding hydrogens is 717 g/mol. The van der Waals surface area contributed by atoms with Crippen LogP contribution in [0, 0.1) is 23.2 Å². The Morgan fingerprint density at radius 2 is 2.00 bits per heavy atom. The third-order valence-corrected chi connectivity index (χ3v) is 11.8. The van der Waals surface area contributed by atoms with Crippen molar-refractivity contribution in [3.8, 4) is 22.6 Å². The number of rotatable bonds is 8. The largest absolute Gasteiger partial charge is 0.464 e. The van der Waals surface area contributed by atoms with Crippen molar-refractivity contribution in [1.29, 1.82) is 0 Å². The second-order valence-electron chi connectivity index (χ2n) is 15.3. The number of alkyl halides is 2. The van der Waals surface area contributed by atoms with Gasteiger partial charge in [0.2, 0.25) is 5.91 Å². The fraction of sp³-hybridized carbons (Fsp3) is 0.538. The Hall–Kier alpha value is -4.34. The van der Waals surface area contributed by atoms with Gasteiger partial charge >= 0.3 is 5.97 Å². The van der Waals surface area contributed by atoms with E-state index in [4.69, 9.17) is 19.4 Å². The number of amides is 2. The Labute approximate surface area is 317 Å². The summed E-state index contributed by atoms with van der Waals surface area (Å²) in [4.78, 5) is 50.7. The van der Waals surface area contributed by atoms with E-state index in [9.17, 15) is 23.2 Å². The van der Waals surface area contributed by atoms with Gasteiger partial charge in [0.05, 0.1) is 54.5 Å². The Morgan fingerprint density at radius 3 is 2.72 bits per heavy atom. The molecule has 2 aliphatic heterocycles. The SMILES string of the molecule is CC[n+]1c(-c2cccnc2[C@H](C)OC)n2c3cc(ccc31)-c1csc(n1)C[C@H](NC(=O)C1[C@@H](CF)[C@@H]1CF)C(=O)N1CCC[C@H](N1)C(=O)OCC(C)(C)C2. The lowest BCUT2D eigenvalue weighted by Gasteiger charge is -2.35. The maximum atomic E-state index is 14.1. The van der Waals surface area contributed by atoms with Crippen LogP contribution in [-0.4, -0.2) is 83.0 Å². The van der Waals surface area contributed by atoms with E-state index in [1.807, 2.05) is 24.4 Å². The number of ether oxygens (including phenoxy) is 2. The number of halogens is 2. The summed E-state index contributed by atoms with van der Waals surface area (Å²) in [5, 5.41) is 6.69. The summed E-state index contributed by atoms with van der Waals surface area (Å²) < 4.78 is 43.4. The van der Waals surface area contributed by atoms with Crippen LogP contribution in [0.3, 0.4) is 0 Å². The van der Waals surface area contributed by atoms with E-state index >= 15 is 0 Å². The van der Waals surface area contributed by atoms with Gasteiger partial charge in [-0.1, -0.05) is 13.8 Å². The van der Waals surface area contributed by atoms with E-state index in [0.29, 0.717) is 43.2 Å². The van der Waals surface area contributed by atoms with Crippen molar-refractivity contribution in [3.63, 3.8) is 0 Å². The highest BCUT2D eigenvalue weighted by molar-refractivity contribution is 7.10. The number of esters is 1. The molecule has 1 saturated heterocycles. The number of methoxy groups -OCH3 is 1. The molecule has 1 aliphatic carbocycles. The molecule has 54 heavy (non-hydrogen) atoms. The number of thiazole rings is 1. The summed E-state index contributed by atoms with van der Waals surface area (Å²) in [7, 11) is 1.67. The number of hydrazine groups is 1. The lowest BCUT2D eigenvalue weighted by molar-refractivity contribution is -0.657. The monoisotopic (exact) mass is 764 g/mol. The minimum atomic E-state index is -1.08. The molecule has 6 bridgehead atoms. The van der Waals surface area contributed by atoms with Crippen molar-refractivity contribution in [1.82, 2.24) is 30.3 Å². The average Bonchev–Trinajstić information content (AvgIpc) is 3.58. The Kier molecular flexibility index (Phi) is 10.8. The van der Waals surface area contributed by atoms with Gasteiger partial charge in [0.15, 0.2) is 11.0 Å². The standard InChI is InChI=1S/C39H47F2N7O5S/c1-6-46-30-12-11-23-15-31(30)47(36(46)24-9-7-13-42-34(24)22(2)52-5)20-39(3,4)21-53-38(51)27-10-8-14-48(45-27)37(50)28(16-32-43-29(23)19-54-32)44-35(49)33-25(17-40)26(33)18-41/h7,9,11-13,15,19,22,25-28,33,45H,6,8,10,14,16-18,20-21H2,1-5H3/p+1/t22-,25-,26-,27-,28-/m0/s1. The fourth-order valence-electron chi connectivity index (χ4n) is 7.89. The minimum absolute atomic E-state index is 0.0596. The molecule has 4 aromatic rings. The molecule has 0 spiro atoms. The number of carbonyl (C=O) groups is 3. The number of aryl methyl sites for hydroxylation is 1. The molecule has 288 valence electrons. The normalized spacial score (nSPS) is 24.9. The topological polar surface area (TPSA) is 132 Å². The van der Waals surface area contributed by atoms with Crippen molar-refractivity contribution >= 4 is 40.2 Å². The van der Waals surface area contributed by atoms with Crippen LogP contribution in [0.15, 0.2) is 41.9 Å². The molecule has 5 heterocycles. The van der Waals surface area contributed by atoms with E-state index in [0.717, 1.165) is 33.7 Å². The Balaban J connectivity index is 1.33. The quantitative estimate of drug-likeness (QED) is 0.194. The van der Waals surface area contributed by atoms with Crippen LogP contribution >= 0.6 is 11.3 Å². The van der Waals surface area contributed by atoms with Crippen LogP contribution in [0.5, 0.6) is 0 Å². The highest BCUT2D eigenvalue weighted by Gasteiger charge is 2.55. The third kappa shape index (κ3) is 7.25. The van der Waals surface area contributed by atoms with Crippen LogP contribution in [0.2, 0.25) is 0 Å². The zero-order valence-electron chi connectivity index (χ0n) is 31.3. The smallest absolute Gasteiger partial charge is 0.324 e. The van der Waals surface area contributed by atoms with Crippen molar-refractivity contribution < 1.29 is 37.2 Å². The molecular formula is C39H48F2N7O5S+. The first-order valence-electron chi connectivity index (χ1n) is 18.6. The molecule has 7 rings (SSSR count). The van der Waals surface area contributed by atoms with Gasteiger partial charge in [0.25, 0.3) is 11.7 Å². The zero-order chi connectivity index (χ0) is 38.3. The lowest BCUT2D eigenvalue weighted by atomic mass is 9.94. The van der Waals surface area contributed by atoms with Gasteiger partial charge < -0.3 is 14.8 Å². The number of nitrogens with zero attached hydrogens (tertiary/aromatic N) is 5. The fourth-order valence-corrected chi connectivity index (χ4v) is 8.74. The summed E-state index contributed by atoms with van der Waals surface area (Å²) in [5.41, 5.74) is 7.79. The first-order valence-corrected chi connectivity index (χ1v) is 19.5. The highest BCUT2D eigenvalue weighted by atomic mass is 32.1. The van der Waals surface area contributed by atoms with Crippen molar-refractivity contribution in [2.75, 3.05) is 33.6 Å². The van der Waals surface area contributed by atoms with Crippen molar-refractivity contribution in [2.24, 2.45) is 23.2 Å². The molecule has 1 saturated carbocycles. The van der Waals surface area contributed by atoms with Gasteiger partial charge in [-0.3, -0.25) is 33.2 Å². The molecule has 0 unspecified atom stereocenters. The molecule has 15 heteroatoms. The van der Waals surface area contributed by atoms with E-state index in [2.05, 4.69) is 58.8 Å². The molecule has 2 N–H and O–H groups in total. The van der Waals surface area contributed by atoms with Crippen LogP contribution in [0.1, 0.15) is 57.3 Å². The maximum Gasteiger partial charge on any atom is 0.324 e. The number of aromatic nitrogens is 4. The summed E-state index contributed by atoms with van der Waals surface area (Å²) >= 11 is 1.37. The number of pyridine rings is 1. The first kappa shape index (κ1) is 38.0. The van der Waals surface area contributed by atoms with Gasteiger partial charge in [0, 0.05) is 60.4 Å². The number of imidazole rings is 1. The van der Waals surface area contributed by atoms with Gasteiger partial charge in [-0.2, -0.15) is 0 Å². The van der Waals surface area contributed by atoms with Gasteiger partial charge in [-0.15, -0.1) is 11.3 Å². The van der Waals surface area contributed by atoms with Crippen LogP contribution < -0.4 is 15.3 Å². The van der Waals surface area contributed by atoms with Gasteiger partial charge in [-0.05, 0) is 57.0 Å². The average molecular weight is 765 g/mol. The molecule has 2 amide bonds. The molecule has 3 aliphatic rings. The number of nitrogens with one attached hydrogen (secondary N) is 2. The molecule has 2 fully saturated rings. The maximum absolute atomic E-state index is 14.1. The van der Waals surface area contributed by atoms with E-state index < -0.39 is 66.4 Å². The second-order valence-corrected chi connectivity index (χ2v) is 16.3. The molecule has 0 radical (unpaired) electrons. The van der Waals surface area contributed by atoms with Crippen LogP contribution in [-0.2, 0) is 43.4 Å². The molecule has 1 aromatic carbocycles. The van der Waals surface area contributed by atoms with Crippen LogP contribution in [0.25, 0.3) is 33.7 Å². The summed E-state index contributed by atoms with van der Waals surface area (Å²) in [6, 6.07) is 8.34. The number of benzene rings is 1. The second kappa shape index (κ2) is 15.4. The highest BCUT2D eigenvalue weighted by Crippen LogP contribution is 2.47. The predicted molar refractivity (Wildman–Crippen MR) is 198 cm³/mol. The lowest BCUT2D eigenvalue weighted by Crippen LogP contribution is -2.60. The Morgan fingerprint density at radius 1 is 1.22 bits per heavy atom. The predicted octanol–water partition coefficient (Wildman–Crippen LogP) is 4.75. The number of fused-ring (bicyclic) bond motifs is 6. The van der Waals surface area contributed by atoms with E-state index in [1.165, 1.54) is 16.3 Å². The molecule has 5 atom stereocenters. The van der Waals surface area contributed by atoms with Crippen molar-refractivity contribution in [3.05, 3.63) is 52.6 Å². The third-order valence-electron chi connectivity index (χ3n) is 11.0. The molecule has 3 aromatic heterocycles. The minimum Gasteiger partial charge on any atom is -0.464 e. The van der Waals surface area contributed by atoms with Crippen molar-refractivity contribution in [2.45, 2.75) is 78.2 Å². The first-order chi connectivity index (χ1) is 26.0. The van der Waals surface area contributed by atoms with Crippen LogP contribution in [0.4, 0.5) is 8.78 Å². The summed E-state index contributed by atoms with van der Waals surface area (Å²) in [5.74, 6) is -2.80. The zero-order valence-corrected chi connectivity index (χ0v) is 32.1.